The number of nitrogens with one attached hydrogen (secondary N) is 2. The smallest absolute Gasteiger partial charge is 0.362 e. The minimum absolute atomic E-state index is 0.0331. The summed E-state index contributed by atoms with van der Waals surface area (Å²) in [6.07, 6.45) is 0.726. The zero-order valence-corrected chi connectivity index (χ0v) is 18.0. The minimum atomic E-state index is -4.46. The van der Waals surface area contributed by atoms with Gasteiger partial charge in [-0.25, -0.2) is 4.98 Å². The van der Waals surface area contributed by atoms with Crippen LogP contribution in [0.1, 0.15) is 47.2 Å². The van der Waals surface area contributed by atoms with Crippen molar-refractivity contribution in [2.24, 2.45) is 5.92 Å². The van der Waals surface area contributed by atoms with E-state index in [9.17, 15) is 18.0 Å². The first-order chi connectivity index (χ1) is 14.6. The van der Waals surface area contributed by atoms with Crippen LogP contribution in [0.3, 0.4) is 0 Å². The standard InChI is InChI=1S/C22H28F3N5O/c1-14-12-26-21(29-19(14)30(2)3)27-13-15-7-9-18(10-8-15)28-20(31)16-5-4-6-17(11-16)22(23,24)25/h4-6,11-12,15,18H,7-10,13H2,1-3H3,(H,28,31)(H,26,27,29)/t15-,18+. The summed E-state index contributed by atoms with van der Waals surface area (Å²) in [5, 5.41) is 6.17. The predicted molar refractivity (Wildman–Crippen MR) is 114 cm³/mol. The summed E-state index contributed by atoms with van der Waals surface area (Å²) >= 11 is 0. The molecule has 3 rings (SSSR count). The Labute approximate surface area is 180 Å². The van der Waals surface area contributed by atoms with Crippen LogP contribution in [0.2, 0.25) is 0 Å². The van der Waals surface area contributed by atoms with Gasteiger partial charge in [0.15, 0.2) is 0 Å². The molecule has 0 atom stereocenters. The molecular weight excluding hydrogens is 407 g/mol. The highest BCUT2D eigenvalue weighted by atomic mass is 19.4. The molecule has 6 nitrogen and oxygen atoms in total. The monoisotopic (exact) mass is 435 g/mol. The fourth-order valence-electron chi connectivity index (χ4n) is 3.82. The van der Waals surface area contributed by atoms with E-state index >= 15 is 0 Å². The quantitative estimate of drug-likeness (QED) is 0.709. The van der Waals surface area contributed by atoms with E-state index < -0.39 is 17.6 Å². The summed E-state index contributed by atoms with van der Waals surface area (Å²) in [4.78, 5) is 23.2. The maximum Gasteiger partial charge on any atom is 0.416 e. The number of amides is 1. The van der Waals surface area contributed by atoms with E-state index in [-0.39, 0.29) is 11.6 Å². The Morgan fingerprint density at radius 2 is 1.90 bits per heavy atom. The fraction of sp³-hybridized carbons (Fsp3) is 0.500. The van der Waals surface area contributed by atoms with Gasteiger partial charge in [0.05, 0.1) is 5.56 Å². The van der Waals surface area contributed by atoms with E-state index in [1.54, 1.807) is 6.20 Å². The van der Waals surface area contributed by atoms with E-state index in [1.165, 1.54) is 12.1 Å². The highest BCUT2D eigenvalue weighted by Gasteiger charge is 2.31. The van der Waals surface area contributed by atoms with Crippen LogP contribution in [0, 0.1) is 12.8 Å². The maximum atomic E-state index is 12.9. The van der Waals surface area contributed by atoms with Crippen LogP contribution < -0.4 is 15.5 Å². The lowest BCUT2D eigenvalue weighted by molar-refractivity contribution is -0.137. The van der Waals surface area contributed by atoms with Crippen molar-refractivity contribution in [3.8, 4) is 0 Å². The maximum absolute atomic E-state index is 12.9. The normalized spacial score (nSPS) is 19.0. The fourth-order valence-corrected chi connectivity index (χ4v) is 3.82. The SMILES string of the molecule is Cc1cnc(NC[C@H]2CC[C@@H](NC(=O)c3cccc(C(F)(F)F)c3)CC2)nc1N(C)C. The average molecular weight is 435 g/mol. The van der Waals surface area contributed by atoms with Gasteiger partial charge in [-0.05, 0) is 56.7 Å². The van der Waals surface area contributed by atoms with E-state index in [0.29, 0.717) is 11.9 Å². The summed E-state index contributed by atoms with van der Waals surface area (Å²) in [7, 11) is 3.88. The van der Waals surface area contributed by atoms with Gasteiger partial charge >= 0.3 is 6.18 Å². The highest BCUT2D eigenvalue weighted by Crippen LogP contribution is 2.30. The van der Waals surface area contributed by atoms with Crippen molar-refractivity contribution in [1.82, 2.24) is 15.3 Å². The van der Waals surface area contributed by atoms with Crippen molar-refractivity contribution in [3.05, 3.63) is 47.2 Å². The van der Waals surface area contributed by atoms with Crippen LogP contribution in [-0.4, -0.2) is 42.6 Å². The molecule has 2 aromatic rings. The molecule has 0 unspecified atom stereocenters. The largest absolute Gasteiger partial charge is 0.416 e. The number of hydrogen-bond acceptors (Lipinski definition) is 5. The van der Waals surface area contributed by atoms with Crippen molar-refractivity contribution in [1.29, 1.82) is 0 Å². The van der Waals surface area contributed by atoms with E-state index in [4.69, 9.17) is 0 Å². The first kappa shape index (κ1) is 22.8. The van der Waals surface area contributed by atoms with Crippen LogP contribution in [0.4, 0.5) is 24.9 Å². The van der Waals surface area contributed by atoms with Crippen LogP contribution >= 0.6 is 0 Å². The lowest BCUT2D eigenvalue weighted by Gasteiger charge is -2.29. The molecule has 0 aliphatic heterocycles. The number of alkyl halides is 3. The summed E-state index contributed by atoms with van der Waals surface area (Å²) < 4.78 is 38.6. The van der Waals surface area contributed by atoms with Gasteiger partial charge in [-0.3, -0.25) is 4.79 Å². The Morgan fingerprint density at radius 1 is 1.19 bits per heavy atom. The number of aryl methyl sites for hydroxylation is 1. The predicted octanol–water partition coefficient (Wildman–Crippen LogP) is 4.27. The molecule has 1 saturated carbocycles. The Morgan fingerprint density at radius 3 is 2.55 bits per heavy atom. The number of nitrogens with zero attached hydrogens (tertiary/aromatic N) is 3. The Kier molecular flexibility index (Phi) is 7.02. The average Bonchev–Trinajstić information content (AvgIpc) is 2.73. The summed E-state index contributed by atoms with van der Waals surface area (Å²) in [5.74, 6) is 1.43. The van der Waals surface area contributed by atoms with E-state index in [0.717, 1.165) is 55.7 Å². The molecule has 0 bridgehead atoms. The summed E-state index contributed by atoms with van der Waals surface area (Å²) in [6, 6.07) is 4.50. The topological polar surface area (TPSA) is 70.1 Å². The van der Waals surface area contributed by atoms with Gasteiger partial charge in [-0.15, -0.1) is 0 Å². The number of carbonyl (C=O) groups is 1. The summed E-state index contributed by atoms with van der Waals surface area (Å²) in [5.41, 5.74) is 0.227. The Bertz CT molecular complexity index is 908. The number of anilines is 2. The number of halogens is 3. The molecule has 1 aromatic carbocycles. The second-order valence-corrected chi connectivity index (χ2v) is 8.25. The number of aromatic nitrogens is 2. The second kappa shape index (κ2) is 9.53. The lowest BCUT2D eigenvalue weighted by atomic mass is 9.86. The third kappa shape index (κ3) is 6.08. The zero-order valence-electron chi connectivity index (χ0n) is 18.0. The molecule has 1 aliphatic rings. The van der Waals surface area contributed by atoms with Gasteiger partial charge in [-0.2, -0.15) is 18.2 Å². The molecule has 1 fully saturated rings. The number of carbonyl (C=O) groups excluding carboxylic acids is 1. The second-order valence-electron chi connectivity index (χ2n) is 8.25. The van der Waals surface area contributed by atoms with Gasteiger partial charge in [0.1, 0.15) is 5.82 Å². The van der Waals surface area contributed by atoms with E-state index in [1.807, 2.05) is 25.9 Å². The van der Waals surface area contributed by atoms with Crippen LogP contribution in [0.25, 0.3) is 0 Å². The van der Waals surface area contributed by atoms with Gasteiger partial charge in [0.2, 0.25) is 5.95 Å². The molecule has 1 aliphatic carbocycles. The van der Waals surface area contributed by atoms with Crippen molar-refractivity contribution >= 4 is 17.7 Å². The number of hydrogen-bond donors (Lipinski definition) is 2. The van der Waals surface area contributed by atoms with Crippen molar-refractivity contribution < 1.29 is 18.0 Å². The Balaban J connectivity index is 1.48. The number of benzene rings is 1. The molecule has 2 N–H and O–H groups in total. The van der Waals surface area contributed by atoms with Crippen LogP contribution in [0.5, 0.6) is 0 Å². The van der Waals surface area contributed by atoms with Crippen molar-refractivity contribution in [2.75, 3.05) is 30.9 Å². The minimum Gasteiger partial charge on any atom is -0.362 e. The van der Waals surface area contributed by atoms with Crippen molar-refractivity contribution in [2.45, 2.75) is 44.8 Å². The summed E-state index contributed by atoms with van der Waals surface area (Å²) in [6.45, 7) is 2.71. The first-order valence-electron chi connectivity index (χ1n) is 10.4. The van der Waals surface area contributed by atoms with Crippen LogP contribution in [-0.2, 0) is 6.18 Å². The highest BCUT2D eigenvalue weighted by molar-refractivity contribution is 5.94. The molecule has 0 radical (unpaired) electrons. The molecule has 0 saturated heterocycles. The van der Waals surface area contributed by atoms with E-state index in [2.05, 4.69) is 20.6 Å². The van der Waals surface area contributed by atoms with Gasteiger partial charge in [0.25, 0.3) is 5.91 Å². The molecule has 1 heterocycles. The lowest BCUT2D eigenvalue weighted by Crippen LogP contribution is -2.38. The molecule has 1 amide bonds. The van der Waals surface area contributed by atoms with Gasteiger partial charge in [-0.1, -0.05) is 6.07 Å². The third-order valence-electron chi connectivity index (χ3n) is 5.55. The third-order valence-corrected chi connectivity index (χ3v) is 5.55. The first-order valence-corrected chi connectivity index (χ1v) is 10.4. The van der Waals surface area contributed by atoms with Gasteiger partial charge < -0.3 is 15.5 Å². The molecule has 0 spiro atoms. The molecule has 1 aromatic heterocycles. The zero-order chi connectivity index (χ0) is 22.6. The van der Waals surface area contributed by atoms with Crippen molar-refractivity contribution in [3.63, 3.8) is 0 Å². The number of rotatable bonds is 6. The molecule has 9 heteroatoms. The molecular formula is C22H28F3N5O. The molecule has 31 heavy (non-hydrogen) atoms. The van der Waals surface area contributed by atoms with Gasteiger partial charge in [0, 0.05) is 44.0 Å². The molecule has 168 valence electrons. The Hall–Kier alpha value is -2.84. The van der Waals surface area contributed by atoms with Crippen LogP contribution in [0.15, 0.2) is 30.5 Å².